The number of piperidine rings is 1. The maximum atomic E-state index is 10.9. The lowest BCUT2D eigenvalue weighted by Gasteiger charge is -2.22. The second kappa shape index (κ2) is 1.74. The molecule has 0 N–H and O–H groups in total. The van der Waals surface area contributed by atoms with Crippen LogP contribution in [0.1, 0.15) is 20.3 Å². The third-order valence-electron chi connectivity index (χ3n) is 2.92. The van der Waals surface area contributed by atoms with Gasteiger partial charge in [-0.3, -0.25) is 4.79 Å². The fraction of sp³-hybridized carbons (Fsp3) is 0.875. The Balaban J connectivity index is 2.07. The molecule has 1 amide bonds. The molecule has 0 aromatic carbocycles. The highest BCUT2D eigenvalue weighted by atomic mass is 16.2. The zero-order valence-corrected chi connectivity index (χ0v) is 6.50. The van der Waals surface area contributed by atoms with Crippen LogP contribution < -0.4 is 0 Å². The van der Waals surface area contributed by atoms with Crippen LogP contribution in [-0.2, 0) is 4.79 Å². The second-order valence-electron chi connectivity index (χ2n) is 3.57. The maximum Gasteiger partial charge on any atom is 0.219 e. The van der Waals surface area contributed by atoms with E-state index in [1.807, 2.05) is 4.90 Å². The van der Waals surface area contributed by atoms with Crippen LogP contribution in [0.15, 0.2) is 0 Å². The van der Waals surface area contributed by atoms with Gasteiger partial charge in [-0.15, -0.1) is 0 Å². The molecular weight excluding hydrogens is 126 g/mol. The zero-order valence-electron chi connectivity index (χ0n) is 6.50. The van der Waals surface area contributed by atoms with Crippen molar-refractivity contribution in [3.8, 4) is 0 Å². The number of hydrogen-bond donors (Lipinski definition) is 0. The molecule has 2 nitrogen and oxygen atoms in total. The Kier molecular flexibility index (Phi) is 1.08. The first-order valence-corrected chi connectivity index (χ1v) is 3.97. The molecule has 2 aliphatic rings. The average Bonchev–Trinajstić information content (AvgIpc) is 2.54. The first-order chi connectivity index (χ1) is 4.70. The largest absolute Gasteiger partial charge is 0.340 e. The molecule has 1 saturated carbocycles. The van der Waals surface area contributed by atoms with Crippen LogP contribution in [0.4, 0.5) is 0 Å². The third kappa shape index (κ3) is 0.678. The predicted octanol–water partition coefficient (Wildman–Crippen LogP) is 0.873. The normalized spacial score (nSPS) is 43.4. The van der Waals surface area contributed by atoms with Crippen molar-refractivity contribution < 1.29 is 4.79 Å². The second-order valence-corrected chi connectivity index (χ2v) is 3.57. The van der Waals surface area contributed by atoms with Gasteiger partial charge in [0.05, 0.1) is 0 Å². The first-order valence-electron chi connectivity index (χ1n) is 3.97. The summed E-state index contributed by atoms with van der Waals surface area (Å²) in [7, 11) is 0. The van der Waals surface area contributed by atoms with Gasteiger partial charge in [0.15, 0.2) is 0 Å². The van der Waals surface area contributed by atoms with E-state index >= 15 is 0 Å². The van der Waals surface area contributed by atoms with Crippen molar-refractivity contribution in [3.05, 3.63) is 0 Å². The van der Waals surface area contributed by atoms with E-state index in [2.05, 4.69) is 6.92 Å². The van der Waals surface area contributed by atoms with Crippen LogP contribution >= 0.6 is 0 Å². The van der Waals surface area contributed by atoms with E-state index < -0.39 is 0 Å². The van der Waals surface area contributed by atoms with Crippen molar-refractivity contribution >= 4 is 5.91 Å². The summed E-state index contributed by atoms with van der Waals surface area (Å²) in [6.45, 7) is 4.86. The zero-order chi connectivity index (χ0) is 7.30. The smallest absolute Gasteiger partial charge is 0.219 e. The Morgan fingerprint density at radius 2 is 2.30 bits per heavy atom. The molecule has 3 atom stereocenters. The molecule has 10 heavy (non-hydrogen) atoms. The lowest BCUT2D eigenvalue weighted by Crippen LogP contribution is -2.34. The minimum absolute atomic E-state index is 0.250. The SMILES string of the molecule is CC(=O)N1C[C@@H]2C[C@@H]2[C@H]1C. The number of nitrogens with zero attached hydrogens (tertiary/aromatic N) is 1. The van der Waals surface area contributed by atoms with Crippen LogP contribution in [0.3, 0.4) is 0 Å². The fourth-order valence-corrected chi connectivity index (χ4v) is 2.14. The summed E-state index contributed by atoms with van der Waals surface area (Å²) in [6, 6.07) is 0.530. The third-order valence-corrected chi connectivity index (χ3v) is 2.92. The monoisotopic (exact) mass is 139 g/mol. The van der Waals surface area contributed by atoms with Gasteiger partial charge < -0.3 is 4.90 Å². The minimum Gasteiger partial charge on any atom is -0.340 e. The summed E-state index contributed by atoms with van der Waals surface area (Å²) in [5.74, 6) is 1.96. The lowest BCUT2D eigenvalue weighted by molar-refractivity contribution is -0.130. The van der Waals surface area contributed by atoms with E-state index in [-0.39, 0.29) is 5.91 Å². The first kappa shape index (κ1) is 6.20. The molecule has 0 radical (unpaired) electrons. The molecule has 2 fully saturated rings. The van der Waals surface area contributed by atoms with Gasteiger partial charge in [0.25, 0.3) is 0 Å². The molecule has 1 aliphatic carbocycles. The molecule has 0 aromatic rings. The number of hydrogen-bond acceptors (Lipinski definition) is 1. The average molecular weight is 139 g/mol. The van der Waals surface area contributed by atoms with E-state index in [0.717, 1.165) is 18.4 Å². The Hall–Kier alpha value is -0.530. The number of carbonyl (C=O) groups is 1. The highest BCUT2D eigenvalue weighted by Gasteiger charge is 2.50. The van der Waals surface area contributed by atoms with Crippen LogP contribution in [0.2, 0.25) is 0 Å². The van der Waals surface area contributed by atoms with E-state index in [1.54, 1.807) is 6.92 Å². The standard InChI is InChI=1S/C8H13NO/c1-5-8-3-7(8)4-9(5)6(2)10/h5,7-8H,3-4H2,1-2H3/t5-,7+,8-/m1/s1. The fourth-order valence-electron chi connectivity index (χ4n) is 2.14. The Labute approximate surface area is 61.2 Å². The van der Waals surface area contributed by atoms with E-state index in [1.165, 1.54) is 6.42 Å². The predicted molar refractivity (Wildman–Crippen MR) is 38.4 cm³/mol. The molecule has 0 aromatic heterocycles. The quantitative estimate of drug-likeness (QED) is 0.487. The Morgan fingerprint density at radius 1 is 1.60 bits per heavy atom. The van der Waals surface area contributed by atoms with E-state index in [9.17, 15) is 4.79 Å². The number of amides is 1. The van der Waals surface area contributed by atoms with Gasteiger partial charge in [0, 0.05) is 19.5 Å². The van der Waals surface area contributed by atoms with E-state index in [0.29, 0.717) is 6.04 Å². The molecule has 0 spiro atoms. The van der Waals surface area contributed by atoms with Crippen molar-refractivity contribution in [3.63, 3.8) is 0 Å². The summed E-state index contributed by atoms with van der Waals surface area (Å²) in [5, 5.41) is 0. The van der Waals surface area contributed by atoms with Crippen LogP contribution in [0, 0.1) is 11.8 Å². The summed E-state index contributed by atoms with van der Waals surface area (Å²) >= 11 is 0. The summed E-state index contributed by atoms with van der Waals surface area (Å²) in [4.78, 5) is 12.9. The molecule has 2 heteroatoms. The van der Waals surface area contributed by atoms with Crippen LogP contribution in [0.5, 0.6) is 0 Å². The summed E-state index contributed by atoms with van der Waals surface area (Å²) in [6.07, 6.45) is 1.37. The van der Waals surface area contributed by atoms with Gasteiger partial charge in [-0.2, -0.15) is 0 Å². The van der Waals surface area contributed by atoms with Gasteiger partial charge >= 0.3 is 0 Å². The topological polar surface area (TPSA) is 20.3 Å². The molecule has 0 unspecified atom stereocenters. The van der Waals surface area contributed by atoms with Gasteiger partial charge in [0.1, 0.15) is 0 Å². The van der Waals surface area contributed by atoms with E-state index in [4.69, 9.17) is 0 Å². The molecule has 0 bridgehead atoms. The minimum atomic E-state index is 0.250. The van der Waals surface area contributed by atoms with Gasteiger partial charge in [0.2, 0.25) is 5.91 Å². The highest BCUT2D eigenvalue weighted by molar-refractivity contribution is 5.74. The number of carbonyl (C=O) groups excluding carboxylic acids is 1. The van der Waals surface area contributed by atoms with Gasteiger partial charge in [-0.1, -0.05) is 0 Å². The highest BCUT2D eigenvalue weighted by Crippen LogP contribution is 2.49. The molecular formula is C8H13NO. The van der Waals surface area contributed by atoms with Crippen molar-refractivity contribution in [2.24, 2.45) is 11.8 Å². The Morgan fingerprint density at radius 3 is 2.60 bits per heavy atom. The molecule has 1 heterocycles. The van der Waals surface area contributed by atoms with Crippen molar-refractivity contribution in [1.29, 1.82) is 0 Å². The maximum absolute atomic E-state index is 10.9. The molecule has 1 aliphatic heterocycles. The lowest BCUT2D eigenvalue weighted by atomic mass is 10.2. The summed E-state index contributed by atoms with van der Waals surface area (Å²) < 4.78 is 0. The molecule has 2 rings (SSSR count). The van der Waals surface area contributed by atoms with Gasteiger partial charge in [-0.05, 0) is 25.2 Å². The van der Waals surface area contributed by atoms with Crippen molar-refractivity contribution in [1.82, 2.24) is 4.90 Å². The van der Waals surface area contributed by atoms with Crippen molar-refractivity contribution in [2.45, 2.75) is 26.3 Å². The van der Waals surface area contributed by atoms with Crippen LogP contribution in [0.25, 0.3) is 0 Å². The number of rotatable bonds is 0. The summed E-state index contributed by atoms with van der Waals surface area (Å²) in [5.41, 5.74) is 0. The van der Waals surface area contributed by atoms with Gasteiger partial charge in [-0.25, -0.2) is 0 Å². The molecule has 1 saturated heterocycles. The van der Waals surface area contributed by atoms with Crippen molar-refractivity contribution in [2.75, 3.05) is 6.54 Å². The molecule has 56 valence electrons. The number of fused-ring (bicyclic) bond motifs is 1. The number of likely N-dealkylation sites (tertiary alicyclic amines) is 1. The van der Waals surface area contributed by atoms with Crippen LogP contribution in [-0.4, -0.2) is 23.4 Å². The Bertz CT molecular complexity index is 178.